The van der Waals surface area contributed by atoms with Crippen LogP contribution in [0.1, 0.15) is 16.7 Å². The Morgan fingerprint density at radius 3 is 2.67 bits per heavy atom. The number of hydrogen-bond acceptors (Lipinski definition) is 3. The zero-order valence-corrected chi connectivity index (χ0v) is 15.1. The molecule has 128 valence electrons. The third-order valence-corrected chi connectivity index (χ3v) is 4.50. The number of ether oxygens (including phenoxy) is 1. The maximum atomic E-state index is 5.97. The van der Waals surface area contributed by atoms with Crippen molar-refractivity contribution >= 4 is 23.4 Å². The van der Waals surface area contributed by atoms with Gasteiger partial charge in [0.25, 0.3) is 0 Å². The summed E-state index contributed by atoms with van der Waals surface area (Å²) in [5, 5.41) is 3.15. The molecule has 0 aromatic heterocycles. The minimum Gasteiger partial charge on any atom is -0.380 e. The molecular weight excluding hydrogens is 318 g/mol. The van der Waals surface area contributed by atoms with Crippen LogP contribution in [0.25, 0.3) is 0 Å². The van der Waals surface area contributed by atoms with Crippen molar-refractivity contribution in [3.8, 4) is 0 Å². The molecule has 5 heteroatoms. The van der Waals surface area contributed by atoms with Gasteiger partial charge in [-0.1, -0.05) is 48.0 Å². The standard InChI is InChI=1S/C19H25N3OS/c1-15-7-9-16(10-8-15)14-24-12-11-21-19(20)22-18-6-4-3-5-17(18)13-23-2/h3-10H,11-14H2,1-2H3,(H3,20,21,22). The zero-order chi connectivity index (χ0) is 17.2. The van der Waals surface area contributed by atoms with E-state index in [0.717, 1.165) is 22.8 Å². The lowest BCUT2D eigenvalue weighted by Crippen LogP contribution is -2.23. The molecule has 0 saturated carbocycles. The number of aliphatic imine (C=N–C) groups is 1. The SMILES string of the molecule is COCc1ccccc1NC(N)=NCCSCc1ccc(C)cc1. The fourth-order valence-corrected chi connectivity index (χ4v) is 3.00. The highest BCUT2D eigenvalue weighted by atomic mass is 32.2. The van der Waals surface area contributed by atoms with Crippen LogP contribution in [0.15, 0.2) is 53.5 Å². The molecule has 0 amide bonds. The van der Waals surface area contributed by atoms with E-state index in [-0.39, 0.29) is 0 Å². The summed E-state index contributed by atoms with van der Waals surface area (Å²) in [4.78, 5) is 4.39. The molecule has 2 aromatic carbocycles. The fraction of sp³-hybridized carbons (Fsp3) is 0.316. The summed E-state index contributed by atoms with van der Waals surface area (Å²) in [5.74, 6) is 2.38. The van der Waals surface area contributed by atoms with Crippen molar-refractivity contribution in [1.82, 2.24) is 0 Å². The number of rotatable bonds is 8. The lowest BCUT2D eigenvalue weighted by molar-refractivity contribution is 0.185. The Kier molecular flexibility index (Phi) is 7.65. The van der Waals surface area contributed by atoms with Crippen molar-refractivity contribution in [3.05, 3.63) is 65.2 Å². The maximum Gasteiger partial charge on any atom is 0.193 e. The molecule has 3 N–H and O–H groups in total. The van der Waals surface area contributed by atoms with E-state index in [2.05, 4.69) is 41.5 Å². The van der Waals surface area contributed by atoms with Crippen molar-refractivity contribution in [1.29, 1.82) is 0 Å². The average Bonchev–Trinajstić information content (AvgIpc) is 2.58. The first kappa shape index (κ1) is 18.4. The smallest absolute Gasteiger partial charge is 0.193 e. The molecule has 0 radical (unpaired) electrons. The summed E-state index contributed by atoms with van der Waals surface area (Å²) in [7, 11) is 1.68. The highest BCUT2D eigenvalue weighted by Crippen LogP contribution is 2.15. The summed E-state index contributed by atoms with van der Waals surface area (Å²) in [6.07, 6.45) is 0. The Hall–Kier alpha value is -1.98. The van der Waals surface area contributed by atoms with Gasteiger partial charge in [0.1, 0.15) is 0 Å². The molecule has 0 aliphatic carbocycles. The molecule has 0 atom stereocenters. The molecule has 2 aromatic rings. The molecule has 2 rings (SSSR count). The van der Waals surface area contributed by atoms with E-state index in [9.17, 15) is 0 Å². The van der Waals surface area contributed by atoms with E-state index in [4.69, 9.17) is 10.5 Å². The number of hydrogen-bond donors (Lipinski definition) is 2. The molecule has 24 heavy (non-hydrogen) atoms. The van der Waals surface area contributed by atoms with E-state index in [1.165, 1.54) is 11.1 Å². The van der Waals surface area contributed by atoms with Crippen molar-refractivity contribution in [2.75, 3.05) is 24.7 Å². The summed E-state index contributed by atoms with van der Waals surface area (Å²) in [6.45, 7) is 3.34. The van der Waals surface area contributed by atoms with Crippen molar-refractivity contribution in [2.24, 2.45) is 10.7 Å². The predicted molar refractivity (Wildman–Crippen MR) is 105 cm³/mol. The summed E-state index contributed by atoms with van der Waals surface area (Å²) in [6, 6.07) is 16.6. The van der Waals surface area contributed by atoms with Crippen molar-refractivity contribution in [2.45, 2.75) is 19.3 Å². The summed E-state index contributed by atoms with van der Waals surface area (Å²) >= 11 is 1.86. The Labute approximate surface area is 148 Å². The van der Waals surface area contributed by atoms with Gasteiger partial charge in [-0.15, -0.1) is 0 Å². The van der Waals surface area contributed by atoms with Crippen LogP contribution in [-0.4, -0.2) is 25.4 Å². The number of nitrogens with zero attached hydrogens (tertiary/aromatic N) is 1. The van der Waals surface area contributed by atoms with Gasteiger partial charge in [-0.3, -0.25) is 4.99 Å². The highest BCUT2D eigenvalue weighted by Gasteiger charge is 2.02. The second-order valence-electron chi connectivity index (χ2n) is 5.52. The number of methoxy groups -OCH3 is 1. The van der Waals surface area contributed by atoms with E-state index in [0.29, 0.717) is 19.1 Å². The first-order valence-corrected chi connectivity index (χ1v) is 9.11. The molecule has 0 bridgehead atoms. The van der Waals surface area contributed by atoms with Crippen LogP contribution < -0.4 is 11.1 Å². The molecule has 0 heterocycles. The van der Waals surface area contributed by atoms with Crippen molar-refractivity contribution in [3.63, 3.8) is 0 Å². The third kappa shape index (κ3) is 6.26. The number of nitrogens with two attached hydrogens (primary N) is 1. The number of thioether (sulfide) groups is 1. The van der Waals surface area contributed by atoms with Gasteiger partial charge < -0.3 is 15.8 Å². The van der Waals surface area contributed by atoms with Crippen LogP contribution >= 0.6 is 11.8 Å². The first-order chi connectivity index (χ1) is 11.7. The fourth-order valence-electron chi connectivity index (χ4n) is 2.21. The highest BCUT2D eigenvalue weighted by molar-refractivity contribution is 7.98. The monoisotopic (exact) mass is 343 g/mol. The van der Waals surface area contributed by atoms with Crippen LogP contribution in [0.2, 0.25) is 0 Å². The van der Waals surface area contributed by atoms with Gasteiger partial charge in [0, 0.05) is 29.9 Å². The van der Waals surface area contributed by atoms with Gasteiger partial charge in [0.2, 0.25) is 0 Å². The first-order valence-electron chi connectivity index (χ1n) is 7.96. The van der Waals surface area contributed by atoms with Gasteiger partial charge in [0.15, 0.2) is 5.96 Å². The Bertz CT molecular complexity index is 656. The second kappa shape index (κ2) is 10.0. The topological polar surface area (TPSA) is 59.6 Å². The Balaban J connectivity index is 1.75. The summed E-state index contributed by atoms with van der Waals surface area (Å²) in [5.41, 5.74) is 10.6. The van der Waals surface area contributed by atoms with Gasteiger partial charge in [-0.25, -0.2) is 0 Å². The largest absolute Gasteiger partial charge is 0.380 e. The number of benzene rings is 2. The molecule has 0 spiro atoms. The molecule has 0 aliphatic rings. The lowest BCUT2D eigenvalue weighted by atomic mass is 10.2. The molecule has 4 nitrogen and oxygen atoms in total. The van der Waals surface area contributed by atoms with Gasteiger partial charge in [-0.05, 0) is 18.6 Å². The number of anilines is 1. The number of para-hydroxylation sites is 1. The van der Waals surface area contributed by atoms with Crippen LogP contribution in [-0.2, 0) is 17.1 Å². The second-order valence-corrected chi connectivity index (χ2v) is 6.63. The average molecular weight is 343 g/mol. The van der Waals surface area contributed by atoms with Crippen LogP contribution in [0.3, 0.4) is 0 Å². The van der Waals surface area contributed by atoms with Crippen LogP contribution in [0.5, 0.6) is 0 Å². The zero-order valence-electron chi connectivity index (χ0n) is 14.3. The van der Waals surface area contributed by atoms with E-state index >= 15 is 0 Å². The minimum absolute atomic E-state index is 0.439. The lowest BCUT2D eigenvalue weighted by Gasteiger charge is -2.10. The van der Waals surface area contributed by atoms with Crippen LogP contribution in [0.4, 0.5) is 5.69 Å². The normalized spacial score (nSPS) is 11.5. The quantitative estimate of drug-likeness (QED) is 0.435. The summed E-state index contributed by atoms with van der Waals surface area (Å²) < 4.78 is 5.19. The number of guanidine groups is 1. The maximum absolute atomic E-state index is 5.97. The van der Waals surface area contributed by atoms with E-state index in [1.54, 1.807) is 7.11 Å². The molecule has 0 fully saturated rings. The van der Waals surface area contributed by atoms with E-state index in [1.807, 2.05) is 36.0 Å². The van der Waals surface area contributed by atoms with Crippen LogP contribution in [0, 0.1) is 6.92 Å². The Morgan fingerprint density at radius 2 is 1.92 bits per heavy atom. The molecular formula is C19H25N3OS. The van der Waals surface area contributed by atoms with Crippen molar-refractivity contribution < 1.29 is 4.74 Å². The molecule has 0 saturated heterocycles. The Morgan fingerprint density at radius 1 is 1.17 bits per heavy atom. The van der Waals surface area contributed by atoms with Gasteiger partial charge >= 0.3 is 0 Å². The minimum atomic E-state index is 0.439. The third-order valence-electron chi connectivity index (χ3n) is 3.49. The van der Waals surface area contributed by atoms with Gasteiger partial charge in [-0.2, -0.15) is 11.8 Å². The predicted octanol–water partition coefficient (Wildman–Crippen LogP) is 3.80. The number of nitrogens with one attached hydrogen (secondary N) is 1. The molecule has 0 aliphatic heterocycles. The van der Waals surface area contributed by atoms with E-state index < -0.39 is 0 Å². The molecule has 0 unspecified atom stereocenters. The number of aryl methyl sites for hydroxylation is 1. The van der Waals surface area contributed by atoms with Gasteiger partial charge in [0.05, 0.1) is 13.2 Å².